The first-order valence-electron chi connectivity index (χ1n) is 5.35. The van der Waals surface area contributed by atoms with Gasteiger partial charge < -0.3 is 21.3 Å². The molecular weight excluding hydrogens is 204 g/mol. The van der Waals surface area contributed by atoms with Crippen LogP contribution in [0.15, 0.2) is 12.1 Å². The number of nitrogen functional groups attached to an aromatic ring is 1. The van der Waals surface area contributed by atoms with Gasteiger partial charge in [0.25, 0.3) is 0 Å². The van der Waals surface area contributed by atoms with E-state index in [1.54, 1.807) is 19.2 Å². The second kappa shape index (κ2) is 5.30. The summed E-state index contributed by atoms with van der Waals surface area (Å²) in [5.74, 6) is 0. The molecular formula is C12H20N2O2. The minimum absolute atomic E-state index is 0.351. The molecule has 1 aromatic rings. The largest absolute Gasteiger partial charge is 0.399 e. The molecule has 0 aromatic heterocycles. The summed E-state index contributed by atoms with van der Waals surface area (Å²) in [5.41, 5.74) is 9.09. The Morgan fingerprint density at radius 2 is 1.88 bits per heavy atom. The summed E-state index contributed by atoms with van der Waals surface area (Å²) < 4.78 is 0. The van der Waals surface area contributed by atoms with E-state index < -0.39 is 12.2 Å². The van der Waals surface area contributed by atoms with Crippen molar-refractivity contribution in [3.63, 3.8) is 0 Å². The van der Waals surface area contributed by atoms with Crippen LogP contribution in [0.4, 0.5) is 5.69 Å². The molecule has 0 bridgehead atoms. The molecule has 4 nitrogen and oxygen atoms in total. The van der Waals surface area contributed by atoms with Crippen molar-refractivity contribution in [1.29, 1.82) is 0 Å². The lowest BCUT2D eigenvalue weighted by Gasteiger charge is -2.21. The van der Waals surface area contributed by atoms with Crippen LogP contribution >= 0.6 is 0 Å². The van der Waals surface area contributed by atoms with Crippen LogP contribution in [0.3, 0.4) is 0 Å². The molecule has 90 valence electrons. The predicted octanol–water partition coefficient (Wildman–Crippen LogP) is 0.499. The summed E-state index contributed by atoms with van der Waals surface area (Å²) in [6.07, 6.45) is -1.70. The molecule has 0 aliphatic rings. The van der Waals surface area contributed by atoms with Crippen molar-refractivity contribution in [1.82, 2.24) is 5.32 Å². The van der Waals surface area contributed by atoms with E-state index in [4.69, 9.17) is 5.73 Å². The highest BCUT2D eigenvalue weighted by Crippen LogP contribution is 2.26. The second-order valence-electron chi connectivity index (χ2n) is 4.06. The lowest BCUT2D eigenvalue weighted by atomic mass is 9.95. The molecule has 0 fully saturated rings. The quantitative estimate of drug-likeness (QED) is 0.562. The molecule has 1 rings (SSSR count). The molecule has 0 radical (unpaired) electrons. The number of nitrogens with two attached hydrogens (primary N) is 1. The third kappa shape index (κ3) is 2.52. The lowest BCUT2D eigenvalue weighted by Crippen LogP contribution is -2.30. The fourth-order valence-electron chi connectivity index (χ4n) is 1.71. The van der Waals surface area contributed by atoms with Crippen LogP contribution in [0.25, 0.3) is 0 Å². The molecule has 1 aromatic carbocycles. The Balaban J connectivity index is 3.00. The maximum atomic E-state index is 9.99. The first kappa shape index (κ1) is 13.0. The molecule has 4 heteroatoms. The van der Waals surface area contributed by atoms with Gasteiger partial charge in [-0.3, -0.25) is 0 Å². The molecule has 0 saturated heterocycles. The van der Waals surface area contributed by atoms with Crippen molar-refractivity contribution in [3.05, 3.63) is 28.8 Å². The zero-order valence-corrected chi connectivity index (χ0v) is 9.99. The van der Waals surface area contributed by atoms with Crippen LogP contribution in [0.5, 0.6) is 0 Å². The predicted molar refractivity (Wildman–Crippen MR) is 65.2 cm³/mol. The number of hydrogen-bond donors (Lipinski definition) is 4. The van der Waals surface area contributed by atoms with Gasteiger partial charge in [-0.2, -0.15) is 0 Å². The van der Waals surface area contributed by atoms with Crippen LogP contribution in [0, 0.1) is 13.8 Å². The minimum Gasteiger partial charge on any atom is -0.399 e. The van der Waals surface area contributed by atoms with Gasteiger partial charge in [0.1, 0.15) is 6.10 Å². The van der Waals surface area contributed by atoms with Gasteiger partial charge in [0.15, 0.2) is 0 Å². The Hall–Kier alpha value is -1.10. The number of hydrogen-bond acceptors (Lipinski definition) is 4. The number of benzene rings is 1. The fourth-order valence-corrected chi connectivity index (χ4v) is 1.71. The SMILES string of the molecule is CNCC(O)C(O)c1ccc(N)c(C)c1C. The first-order valence-corrected chi connectivity index (χ1v) is 5.35. The highest BCUT2D eigenvalue weighted by molar-refractivity contribution is 5.53. The van der Waals surface area contributed by atoms with E-state index in [9.17, 15) is 10.2 Å². The average molecular weight is 224 g/mol. The van der Waals surface area contributed by atoms with Crippen molar-refractivity contribution in [2.75, 3.05) is 19.3 Å². The van der Waals surface area contributed by atoms with Crippen LogP contribution in [-0.4, -0.2) is 29.9 Å². The number of rotatable bonds is 4. The van der Waals surface area contributed by atoms with Gasteiger partial charge in [0, 0.05) is 12.2 Å². The average Bonchev–Trinajstić information content (AvgIpc) is 2.26. The second-order valence-corrected chi connectivity index (χ2v) is 4.06. The number of likely N-dealkylation sites (N-methyl/N-ethyl adjacent to an activating group) is 1. The number of aliphatic hydroxyl groups is 2. The van der Waals surface area contributed by atoms with E-state index in [0.717, 1.165) is 16.7 Å². The smallest absolute Gasteiger partial charge is 0.106 e. The molecule has 16 heavy (non-hydrogen) atoms. The molecule has 0 saturated carbocycles. The number of nitrogens with one attached hydrogen (secondary N) is 1. The summed E-state index contributed by atoms with van der Waals surface area (Å²) >= 11 is 0. The normalized spacial score (nSPS) is 14.8. The van der Waals surface area contributed by atoms with Gasteiger partial charge >= 0.3 is 0 Å². The summed E-state index contributed by atoms with van der Waals surface area (Å²) in [4.78, 5) is 0. The van der Waals surface area contributed by atoms with E-state index in [1.165, 1.54) is 0 Å². The van der Waals surface area contributed by atoms with Crippen LogP contribution in [0.2, 0.25) is 0 Å². The third-order valence-electron chi connectivity index (χ3n) is 2.97. The summed E-state index contributed by atoms with van der Waals surface area (Å²) in [6, 6.07) is 3.52. The first-order chi connectivity index (χ1) is 7.49. The van der Waals surface area contributed by atoms with Gasteiger partial charge in [-0.15, -0.1) is 0 Å². The Bertz CT molecular complexity index is 366. The zero-order chi connectivity index (χ0) is 12.3. The van der Waals surface area contributed by atoms with E-state index in [0.29, 0.717) is 12.2 Å². The van der Waals surface area contributed by atoms with E-state index in [2.05, 4.69) is 5.32 Å². The maximum Gasteiger partial charge on any atom is 0.106 e. The Morgan fingerprint density at radius 3 is 2.44 bits per heavy atom. The highest BCUT2D eigenvalue weighted by atomic mass is 16.3. The number of anilines is 1. The van der Waals surface area contributed by atoms with Crippen molar-refractivity contribution in [2.24, 2.45) is 0 Å². The highest BCUT2D eigenvalue weighted by Gasteiger charge is 2.20. The zero-order valence-electron chi connectivity index (χ0n) is 9.99. The molecule has 0 aliphatic heterocycles. The van der Waals surface area contributed by atoms with Gasteiger partial charge in [0.2, 0.25) is 0 Å². The van der Waals surface area contributed by atoms with Gasteiger partial charge in [-0.05, 0) is 43.7 Å². The van der Waals surface area contributed by atoms with Crippen LogP contribution in [-0.2, 0) is 0 Å². The molecule has 0 spiro atoms. The van der Waals surface area contributed by atoms with Gasteiger partial charge in [0.05, 0.1) is 6.10 Å². The van der Waals surface area contributed by atoms with Crippen LogP contribution in [0.1, 0.15) is 22.8 Å². The van der Waals surface area contributed by atoms with Crippen molar-refractivity contribution >= 4 is 5.69 Å². The lowest BCUT2D eigenvalue weighted by molar-refractivity contribution is 0.0198. The van der Waals surface area contributed by atoms with Crippen molar-refractivity contribution < 1.29 is 10.2 Å². The van der Waals surface area contributed by atoms with E-state index >= 15 is 0 Å². The van der Waals surface area contributed by atoms with Gasteiger partial charge in [-0.1, -0.05) is 6.07 Å². The fraction of sp³-hybridized carbons (Fsp3) is 0.500. The van der Waals surface area contributed by atoms with E-state index in [-0.39, 0.29) is 0 Å². The summed E-state index contributed by atoms with van der Waals surface area (Å²) in [5, 5.41) is 22.5. The van der Waals surface area contributed by atoms with Gasteiger partial charge in [-0.25, -0.2) is 0 Å². The Morgan fingerprint density at radius 1 is 1.25 bits per heavy atom. The molecule has 5 N–H and O–H groups in total. The third-order valence-corrected chi connectivity index (χ3v) is 2.97. The molecule has 2 atom stereocenters. The monoisotopic (exact) mass is 224 g/mol. The molecule has 0 amide bonds. The molecule has 2 unspecified atom stereocenters. The topological polar surface area (TPSA) is 78.5 Å². The molecule has 0 heterocycles. The van der Waals surface area contributed by atoms with E-state index in [1.807, 2.05) is 13.8 Å². The Kier molecular flexibility index (Phi) is 4.29. The van der Waals surface area contributed by atoms with Crippen molar-refractivity contribution in [3.8, 4) is 0 Å². The minimum atomic E-state index is -0.883. The number of aliphatic hydroxyl groups excluding tert-OH is 2. The summed E-state index contributed by atoms with van der Waals surface area (Å²) in [7, 11) is 1.73. The standard InChI is InChI=1S/C12H20N2O2/c1-7-8(2)10(13)5-4-9(7)12(16)11(15)6-14-3/h4-5,11-12,14-16H,6,13H2,1-3H3. The maximum absolute atomic E-state index is 9.99. The van der Waals surface area contributed by atoms with Crippen molar-refractivity contribution in [2.45, 2.75) is 26.1 Å². The summed E-state index contributed by atoms with van der Waals surface area (Å²) in [6.45, 7) is 4.16. The Labute approximate surface area is 96.1 Å². The molecule has 0 aliphatic carbocycles. The van der Waals surface area contributed by atoms with Crippen LogP contribution < -0.4 is 11.1 Å².